The Morgan fingerprint density at radius 2 is 1.78 bits per heavy atom. The number of carbonyl (C=O) groups is 2. The van der Waals surface area contributed by atoms with Gasteiger partial charge in [-0.2, -0.15) is 0 Å². The molecule has 1 unspecified atom stereocenters. The summed E-state index contributed by atoms with van der Waals surface area (Å²) in [5.41, 5.74) is -0.595. The molecule has 1 atom stereocenters. The van der Waals surface area contributed by atoms with E-state index >= 15 is 0 Å². The standard InChI is InChI=1S/C17H33NO4Si/c1-16(2,3)22-15(20)18-13(9-10-14(18)19)11-12-21-23(7,8)17(4,5)6/h13H,9-12H2,1-8H3. The number of likely N-dealkylation sites (tertiary alicyclic amines) is 1. The van der Waals surface area contributed by atoms with Crippen molar-refractivity contribution in [2.24, 2.45) is 0 Å². The molecule has 0 bridgehead atoms. The van der Waals surface area contributed by atoms with Crippen LogP contribution in [0.4, 0.5) is 4.79 Å². The molecule has 0 radical (unpaired) electrons. The molecule has 0 spiro atoms. The van der Waals surface area contributed by atoms with E-state index in [1.54, 1.807) is 20.8 Å². The van der Waals surface area contributed by atoms with Gasteiger partial charge in [-0.25, -0.2) is 9.69 Å². The summed E-state index contributed by atoms with van der Waals surface area (Å²) in [4.78, 5) is 25.6. The fraction of sp³-hybridized carbons (Fsp3) is 0.882. The average Bonchev–Trinajstić information content (AvgIpc) is 2.66. The highest BCUT2D eigenvalue weighted by molar-refractivity contribution is 6.74. The Labute approximate surface area is 141 Å². The third-order valence-corrected chi connectivity index (χ3v) is 9.17. The first-order valence-electron chi connectivity index (χ1n) is 8.43. The van der Waals surface area contributed by atoms with Gasteiger partial charge < -0.3 is 9.16 Å². The first-order valence-corrected chi connectivity index (χ1v) is 11.3. The third kappa shape index (κ3) is 5.60. The van der Waals surface area contributed by atoms with Gasteiger partial charge in [-0.3, -0.25) is 4.79 Å². The molecule has 0 aromatic rings. The minimum Gasteiger partial charge on any atom is -0.443 e. The number of amides is 2. The van der Waals surface area contributed by atoms with Crippen molar-refractivity contribution in [3.8, 4) is 0 Å². The van der Waals surface area contributed by atoms with E-state index in [4.69, 9.17) is 9.16 Å². The Kier molecular flexibility index (Phi) is 6.07. The highest BCUT2D eigenvalue weighted by atomic mass is 28.4. The van der Waals surface area contributed by atoms with Crippen molar-refractivity contribution in [2.75, 3.05) is 6.61 Å². The summed E-state index contributed by atoms with van der Waals surface area (Å²) in [6.07, 6.45) is 1.25. The van der Waals surface area contributed by atoms with Gasteiger partial charge in [0.05, 0.1) is 0 Å². The molecule has 134 valence electrons. The van der Waals surface area contributed by atoms with Crippen molar-refractivity contribution in [1.82, 2.24) is 4.90 Å². The SMILES string of the molecule is CC(C)(C)OC(=O)N1C(=O)CCC1CCO[Si](C)(C)C(C)(C)C. The molecule has 23 heavy (non-hydrogen) atoms. The number of hydrogen-bond acceptors (Lipinski definition) is 4. The van der Waals surface area contributed by atoms with Crippen LogP contribution in [-0.4, -0.2) is 43.5 Å². The fourth-order valence-electron chi connectivity index (χ4n) is 2.25. The maximum Gasteiger partial charge on any atom is 0.417 e. The molecular weight excluding hydrogens is 310 g/mol. The van der Waals surface area contributed by atoms with Crippen molar-refractivity contribution < 1.29 is 18.8 Å². The molecule has 1 fully saturated rings. The molecule has 1 rings (SSSR count). The topological polar surface area (TPSA) is 55.8 Å². The number of ether oxygens (including phenoxy) is 1. The molecule has 0 aromatic carbocycles. The van der Waals surface area contributed by atoms with Crippen LogP contribution < -0.4 is 0 Å². The summed E-state index contributed by atoms with van der Waals surface area (Å²) < 4.78 is 11.5. The van der Waals surface area contributed by atoms with Crippen LogP contribution in [0.15, 0.2) is 0 Å². The number of imide groups is 1. The predicted octanol–water partition coefficient (Wildman–Crippen LogP) is 4.32. The van der Waals surface area contributed by atoms with Crippen molar-refractivity contribution in [2.45, 2.75) is 90.6 Å². The van der Waals surface area contributed by atoms with E-state index in [-0.39, 0.29) is 17.0 Å². The van der Waals surface area contributed by atoms with Gasteiger partial charge in [0, 0.05) is 19.1 Å². The Bertz CT molecular complexity index is 448. The highest BCUT2D eigenvalue weighted by Crippen LogP contribution is 2.37. The Balaban J connectivity index is 2.62. The lowest BCUT2D eigenvalue weighted by Gasteiger charge is -2.36. The van der Waals surface area contributed by atoms with Crippen molar-refractivity contribution in [3.05, 3.63) is 0 Å². The van der Waals surface area contributed by atoms with E-state index in [0.29, 0.717) is 25.9 Å². The zero-order valence-corrected chi connectivity index (χ0v) is 17.0. The summed E-state index contributed by atoms with van der Waals surface area (Å²) in [5.74, 6) is -0.142. The van der Waals surface area contributed by atoms with E-state index in [1.165, 1.54) is 4.90 Å². The van der Waals surface area contributed by atoms with E-state index < -0.39 is 20.0 Å². The zero-order chi connectivity index (χ0) is 18.1. The van der Waals surface area contributed by atoms with Crippen molar-refractivity contribution in [3.63, 3.8) is 0 Å². The summed E-state index contributed by atoms with van der Waals surface area (Å²) in [6.45, 7) is 17.0. The molecule has 5 nitrogen and oxygen atoms in total. The minimum atomic E-state index is -1.80. The van der Waals surface area contributed by atoms with Gasteiger partial charge in [0.1, 0.15) is 5.60 Å². The van der Waals surface area contributed by atoms with Crippen LogP contribution in [0.25, 0.3) is 0 Å². The molecule has 1 aliphatic heterocycles. The molecule has 0 aromatic heterocycles. The fourth-order valence-corrected chi connectivity index (χ4v) is 3.31. The van der Waals surface area contributed by atoms with Crippen LogP contribution in [-0.2, 0) is 14.0 Å². The van der Waals surface area contributed by atoms with Gasteiger partial charge in [-0.15, -0.1) is 0 Å². The van der Waals surface area contributed by atoms with Gasteiger partial charge in [-0.1, -0.05) is 20.8 Å². The third-order valence-electron chi connectivity index (χ3n) is 4.64. The number of nitrogens with zero attached hydrogens (tertiary/aromatic N) is 1. The van der Waals surface area contributed by atoms with Crippen LogP contribution in [0.5, 0.6) is 0 Å². The summed E-state index contributed by atoms with van der Waals surface area (Å²) >= 11 is 0. The number of hydrogen-bond donors (Lipinski definition) is 0. The van der Waals surface area contributed by atoms with Gasteiger partial charge in [-0.05, 0) is 51.7 Å². The Morgan fingerprint density at radius 1 is 1.22 bits per heavy atom. The van der Waals surface area contributed by atoms with Crippen molar-refractivity contribution >= 4 is 20.3 Å². The maximum atomic E-state index is 12.3. The largest absolute Gasteiger partial charge is 0.443 e. The summed E-state index contributed by atoms with van der Waals surface area (Å²) in [6, 6.07) is -0.109. The molecule has 2 amide bonds. The van der Waals surface area contributed by atoms with Crippen LogP contribution in [0.1, 0.15) is 60.8 Å². The highest BCUT2D eigenvalue weighted by Gasteiger charge is 2.40. The van der Waals surface area contributed by atoms with Gasteiger partial charge in [0.25, 0.3) is 0 Å². The van der Waals surface area contributed by atoms with E-state index in [1.807, 2.05) is 0 Å². The van der Waals surface area contributed by atoms with Crippen LogP contribution in [0.3, 0.4) is 0 Å². The molecule has 6 heteroatoms. The molecule has 0 N–H and O–H groups in total. The van der Waals surface area contributed by atoms with E-state index in [0.717, 1.165) is 0 Å². The maximum absolute atomic E-state index is 12.3. The first-order chi connectivity index (χ1) is 10.2. The molecular formula is C17H33NO4Si. The van der Waals surface area contributed by atoms with E-state index in [2.05, 4.69) is 33.9 Å². The van der Waals surface area contributed by atoms with Gasteiger partial charge in [0.15, 0.2) is 8.32 Å². The Hall–Kier alpha value is -0.883. The molecule has 0 saturated carbocycles. The second-order valence-corrected chi connectivity index (χ2v) is 13.6. The average molecular weight is 344 g/mol. The second-order valence-electron chi connectivity index (χ2n) is 8.83. The molecule has 1 aliphatic rings. The predicted molar refractivity (Wildman–Crippen MR) is 93.9 cm³/mol. The Morgan fingerprint density at radius 3 is 2.26 bits per heavy atom. The quantitative estimate of drug-likeness (QED) is 0.713. The smallest absolute Gasteiger partial charge is 0.417 e. The molecule has 0 aliphatic carbocycles. The van der Waals surface area contributed by atoms with Crippen LogP contribution in [0.2, 0.25) is 18.1 Å². The zero-order valence-electron chi connectivity index (χ0n) is 16.0. The van der Waals surface area contributed by atoms with Gasteiger partial charge in [0.2, 0.25) is 5.91 Å². The normalized spacial score (nSPS) is 20.1. The van der Waals surface area contributed by atoms with E-state index in [9.17, 15) is 9.59 Å². The minimum absolute atomic E-state index is 0.109. The lowest BCUT2D eigenvalue weighted by molar-refractivity contribution is -0.128. The lowest BCUT2D eigenvalue weighted by Crippen LogP contribution is -2.44. The lowest BCUT2D eigenvalue weighted by atomic mass is 10.1. The number of rotatable bonds is 4. The molecule has 1 heterocycles. The summed E-state index contributed by atoms with van der Waals surface area (Å²) in [7, 11) is -1.80. The summed E-state index contributed by atoms with van der Waals surface area (Å²) in [5, 5.41) is 0.156. The first kappa shape index (κ1) is 20.2. The van der Waals surface area contributed by atoms with Crippen molar-refractivity contribution in [1.29, 1.82) is 0 Å². The van der Waals surface area contributed by atoms with Crippen LogP contribution in [0, 0.1) is 0 Å². The number of carbonyl (C=O) groups excluding carboxylic acids is 2. The monoisotopic (exact) mass is 343 g/mol. The van der Waals surface area contributed by atoms with Gasteiger partial charge >= 0.3 is 6.09 Å². The molecule has 1 saturated heterocycles. The second kappa shape index (κ2) is 6.93. The van der Waals surface area contributed by atoms with Crippen LogP contribution >= 0.6 is 0 Å².